The summed E-state index contributed by atoms with van der Waals surface area (Å²) in [5, 5.41) is 2.29. The number of hydrogen-bond donors (Lipinski definition) is 0. The van der Waals surface area contributed by atoms with E-state index >= 15 is 0 Å². The van der Waals surface area contributed by atoms with Gasteiger partial charge in [0.2, 0.25) is 0 Å². The molecule has 1 heteroatoms. The van der Waals surface area contributed by atoms with Gasteiger partial charge in [-0.3, -0.25) is 0 Å². The maximum atomic E-state index is 2.43. The summed E-state index contributed by atoms with van der Waals surface area (Å²) in [6.07, 6.45) is 18.6. The molecule has 40 heavy (non-hydrogen) atoms. The molecule has 0 nitrogen and oxygen atoms in total. The molecule has 0 fully saturated rings. The summed E-state index contributed by atoms with van der Waals surface area (Å²) in [4.78, 5) is 1.43. The van der Waals surface area contributed by atoms with E-state index in [4.69, 9.17) is 0 Å². The molecule has 0 amide bonds. The van der Waals surface area contributed by atoms with Gasteiger partial charge in [0.15, 0.2) is 0 Å². The number of benzene rings is 3. The van der Waals surface area contributed by atoms with Crippen molar-refractivity contribution >= 4 is 11.3 Å². The second-order valence-electron chi connectivity index (χ2n) is 11.9. The average molecular weight is 549 g/mol. The summed E-state index contributed by atoms with van der Waals surface area (Å²) in [7, 11) is 0. The summed E-state index contributed by atoms with van der Waals surface area (Å²) in [6.45, 7) is 4.59. The summed E-state index contributed by atoms with van der Waals surface area (Å²) in [5.74, 6) is 0. The van der Waals surface area contributed by atoms with Crippen molar-refractivity contribution in [2.24, 2.45) is 0 Å². The van der Waals surface area contributed by atoms with Crippen LogP contribution < -0.4 is 0 Å². The molecule has 0 unspecified atom stereocenters. The Kier molecular flexibility index (Phi) is 10.3. The molecule has 0 spiro atoms. The van der Waals surface area contributed by atoms with E-state index in [9.17, 15) is 0 Å². The predicted octanol–water partition coefficient (Wildman–Crippen LogP) is 11.9. The van der Waals surface area contributed by atoms with E-state index < -0.39 is 0 Å². The monoisotopic (exact) mass is 548 g/mol. The second kappa shape index (κ2) is 14.3. The molecule has 1 aliphatic carbocycles. The Hall–Kier alpha value is -2.64. The number of fused-ring (bicyclic) bond motifs is 3. The summed E-state index contributed by atoms with van der Waals surface area (Å²) in [6, 6.07) is 30.9. The van der Waals surface area contributed by atoms with Gasteiger partial charge in [-0.05, 0) is 76.1 Å². The van der Waals surface area contributed by atoms with Gasteiger partial charge in [-0.25, -0.2) is 0 Å². The van der Waals surface area contributed by atoms with E-state index in [0.717, 1.165) is 0 Å². The number of unbranched alkanes of at least 4 members (excludes halogenated alkanes) is 10. The van der Waals surface area contributed by atoms with Gasteiger partial charge in [0.25, 0.3) is 0 Å². The van der Waals surface area contributed by atoms with Crippen LogP contribution in [0.15, 0.2) is 84.2 Å². The van der Waals surface area contributed by atoms with Crippen molar-refractivity contribution in [2.45, 2.75) is 109 Å². The van der Waals surface area contributed by atoms with Crippen molar-refractivity contribution in [2.75, 3.05) is 0 Å². The quantitative estimate of drug-likeness (QED) is 0.108. The van der Waals surface area contributed by atoms with Crippen LogP contribution in [-0.4, -0.2) is 0 Å². The van der Waals surface area contributed by atoms with Crippen LogP contribution >= 0.6 is 11.3 Å². The first-order valence-corrected chi connectivity index (χ1v) is 17.0. The Bertz CT molecular complexity index is 1250. The molecule has 4 aromatic rings. The highest BCUT2D eigenvalue weighted by atomic mass is 32.1. The number of rotatable bonds is 16. The Morgan fingerprint density at radius 1 is 0.500 bits per heavy atom. The normalized spacial score (nSPS) is 13.3. The molecule has 1 aliphatic rings. The fraction of sp³-hybridized carbons (Fsp3) is 0.436. The average Bonchev–Trinajstić information content (AvgIpc) is 3.58. The number of thiophene rings is 1. The van der Waals surface area contributed by atoms with E-state index in [1.807, 2.05) is 11.3 Å². The summed E-state index contributed by atoms with van der Waals surface area (Å²) in [5.41, 5.74) is 9.78. The maximum Gasteiger partial charge on any atom is 0.0722 e. The molecular weight excluding hydrogens is 500 g/mol. The highest BCUT2D eigenvalue weighted by Crippen LogP contribution is 2.57. The first-order valence-electron chi connectivity index (χ1n) is 16.2. The Labute approximate surface area is 247 Å². The van der Waals surface area contributed by atoms with Gasteiger partial charge < -0.3 is 0 Å². The lowest BCUT2D eigenvalue weighted by Crippen LogP contribution is -2.28. The third-order valence-corrected chi connectivity index (χ3v) is 10.0. The molecule has 0 radical (unpaired) electrons. The third kappa shape index (κ3) is 6.15. The van der Waals surface area contributed by atoms with Gasteiger partial charge in [-0.15, -0.1) is 11.3 Å². The molecule has 0 saturated heterocycles. The van der Waals surface area contributed by atoms with Gasteiger partial charge >= 0.3 is 0 Å². The van der Waals surface area contributed by atoms with Crippen LogP contribution in [0.25, 0.3) is 10.4 Å². The molecule has 0 N–H and O–H groups in total. The van der Waals surface area contributed by atoms with Crippen LogP contribution in [0.4, 0.5) is 0 Å². The molecule has 0 bridgehead atoms. The van der Waals surface area contributed by atoms with Crippen LogP contribution in [0.1, 0.15) is 124 Å². The van der Waals surface area contributed by atoms with Crippen LogP contribution in [0.2, 0.25) is 0 Å². The van der Waals surface area contributed by atoms with Crippen LogP contribution in [0.3, 0.4) is 0 Å². The zero-order valence-electron chi connectivity index (χ0n) is 24.9. The van der Waals surface area contributed by atoms with Crippen molar-refractivity contribution in [1.29, 1.82) is 0 Å². The molecule has 5 rings (SSSR count). The Morgan fingerprint density at radius 3 is 1.55 bits per heavy atom. The van der Waals surface area contributed by atoms with E-state index in [0.29, 0.717) is 0 Å². The van der Waals surface area contributed by atoms with Crippen LogP contribution in [0, 0.1) is 0 Å². The van der Waals surface area contributed by atoms with E-state index in [1.54, 1.807) is 0 Å². The van der Waals surface area contributed by atoms with Crippen molar-refractivity contribution in [3.05, 3.63) is 118 Å². The van der Waals surface area contributed by atoms with Crippen molar-refractivity contribution in [3.63, 3.8) is 0 Å². The number of hydrogen-bond acceptors (Lipinski definition) is 1. The van der Waals surface area contributed by atoms with E-state index in [2.05, 4.69) is 98.1 Å². The van der Waals surface area contributed by atoms with Gasteiger partial charge in [0.1, 0.15) is 0 Å². The van der Waals surface area contributed by atoms with Crippen molar-refractivity contribution < 1.29 is 0 Å². The van der Waals surface area contributed by atoms with Crippen LogP contribution in [-0.2, 0) is 18.3 Å². The zero-order valence-corrected chi connectivity index (χ0v) is 25.7. The van der Waals surface area contributed by atoms with Crippen molar-refractivity contribution in [1.82, 2.24) is 0 Å². The van der Waals surface area contributed by atoms with E-state index in [1.165, 1.54) is 134 Å². The zero-order chi connectivity index (χ0) is 27.6. The minimum atomic E-state index is -0.247. The number of aryl methyl sites for hydroxylation is 2. The topological polar surface area (TPSA) is 0 Å². The lowest BCUT2D eigenvalue weighted by atomic mass is 9.68. The minimum Gasteiger partial charge on any atom is -0.143 e. The molecule has 0 atom stereocenters. The maximum absolute atomic E-state index is 2.43. The lowest BCUT2D eigenvalue weighted by Gasteiger charge is -2.33. The van der Waals surface area contributed by atoms with Crippen molar-refractivity contribution in [3.8, 4) is 10.4 Å². The SMILES string of the molecule is CCCCCCCCc1ccc(C2(c3ccc(CCCCCCCC)cc3)c3ccccc3-c3sccc32)cc1. The smallest absolute Gasteiger partial charge is 0.0722 e. The molecular formula is C39H48S. The van der Waals surface area contributed by atoms with Gasteiger partial charge in [0, 0.05) is 4.88 Å². The molecule has 210 valence electrons. The summed E-state index contributed by atoms with van der Waals surface area (Å²) >= 11 is 1.89. The first kappa shape index (κ1) is 28.9. The predicted molar refractivity (Wildman–Crippen MR) is 176 cm³/mol. The summed E-state index contributed by atoms with van der Waals surface area (Å²) < 4.78 is 0. The molecule has 0 aliphatic heterocycles. The largest absolute Gasteiger partial charge is 0.143 e. The lowest BCUT2D eigenvalue weighted by molar-refractivity contribution is 0.607. The van der Waals surface area contributed by atoms with Gasteiger partial charge in [-0.2, -0.15) is 0 Å². The van der Waals surface area contributed by atoms with E-state index in [-0.39, 0.29) is 5.41 Å². The minimum absolute atomic E-state index is 0.247. The molecule has 1 aromatic heterocycles. The molecule has 3 aromatic carbocycles. The molecule has 1 heterocycles. The standard InChI is InChI=1S/C39H48S/c1-3-5-7-9-11-13-17-31-21-25-33(26-22-31)39(36-20-16-15-19-35(36)38-37(39)29-30-40-38)34-27-23-32(24-28-34)18-14-12-10-8-6-4-2/h15-16,19-30H,3-14,17-18H2,1-2H3. The molecule has 0 saturated carbocycles. The second-order valence-corrected chi connectivity index (χ2v) is 12.8. The Morgan fingerprint density at radius 2 is 1.00 bits per heavy atom. The third-order valence-electron chi connectivity index (χ3n) is 9.06. The highest BCUT2D eigenvalue weighted by molar-refractivity contribution is 7.14. The Balaban J connectivity index is 1.40. The van der Waals surface area contributed by atoms with Gasteiger partial charge in [0.05, 0.1) is 5.41 Å². The highest BCUT2D eigenvalue weighted by Gasteiger charge is 2.46. The first-order chi connectivity index (χ1) is 19.8. The van der Waals surface area contributed by atoms with Crippen LogP contribution in [0.5, 0.6) is 0 Å². The fourth-order valence-corrected chi connectivity index (χ4v) is 7.81. The van der Waals surface area contributed by atoms with Gasteiger partial charge in [-0.1, -0.05) is 151 Å². The fourth-order valence-electron chi connectivity index (χ4n) is 6.82.